The average molecular weight is 232 g/mol. The van der Waals surface area contributed by atoms with Crippen molar-refractivity contribution in [1.29, 1.82) is 0 Å². The molecular formula is C13H16N2O2. The molecule has 0 aliphatic carbocycles. The molecule has 4 heteroatoms. The third-order valence-corrected chi connectivity index (χ3v) is 3.17. The lowest BCUT2D eigenvalue weighted by Gasteiger charge is -2.22. The molecule has 17 heavy (non-hydrogen) atoms. The molecule has 2 amide bonds. The van der Waals surface area contributed by atoms with Crippen LogP contribution in [0.25, 0.3) is 0 Å². The summed E-state index contributed by atoms with van der Waals surface area (Å²) in [5, 5.41) is 2.60. The molecule has 4 nitrogen and oxygen atoms in total. The molecule has 1 fully saturated rings. The van der Waals surface area contributed by atoms with E-state index in [1.807, 2.05) is 32.0 Å². The lowest BCUT2D eigenvalue weighted by atomic mass is 10.1. The van der Waals surface area contributed by atoms with Gasteiger partial charge >= 0.3 is 0 Å². The van der Waals surface area contributed by atoms with E-state index < -0.39 is 0 Å². The highest BCUT2D eigenvalue weighted by molar-refractivity contribution is 5.99. The first-order valence-corrected chi connectivity index (χ1v) is 5.73. The van der Waals surface area contributed by atoms with Crippen molar-refractivity contribution in [3.63, 3.8) is 0 Å². The van der Waals surface area contributed by atoms with Gasteiger partial charge in [0.25, 0.3) is 0 Å². The quantitative estimate of drug-likeness (QED) is 0.789. The van der Waals surface area contributed by atoms with Crippen LogP contribution in [0.15, 0.2) is 18.2 Å². The van der Waals surface area contributed by atoms with Crippen LogP contribution < -0.4 is 10.2 Å². The van der Waals surface area contributed by atoms with Crippen LogP contribution in [0.5, 0.6) is 0 Å². The van der Waals surface area contributed by atoms with Gasteiger partial charge in [0.2, 0.25) is 11.8 Å². The maximum atomic E-state index is 11.9. The van der Waals surface area contributed by atoms with Gasteiger partial charge in [-0.1, -0.05) is 12.1 Å². The van der Waals surface area contributed by atoms with Crippen molar-refractivity contribution < 1.29 is 9.59 Å². The largest absolute Gasteiger partial charge is 0.347 e. The van der Waals surface area contributed by atoms with Gasteiger partial charge in [0, 0.05) is 18.7 Å². The number of nitrogens with one attached hydrogen (secondary N) is 1. The number of carbonyl (C=O) groups is 2. The normalized spacial score (nSPS) is 16.7. The van der Waals surface area contributed by atoms with Gasteiger partial charge in [0.1, 0.15) is 0 Å². The molecule has 1 saturated heterocycles. The second-order valence-corrected chi connectivity index (χ2v) is 4.29. The zero-order valence-electron chi connectivity index (χ0n) is 10.1. The minimum Gasteiger partial charge on any atom is -0.347 e. The molecule has 90 valence electrons. The highest BCUT2D eigenvalue weighted by Crippen LogP contribution is 2.23. The third-order valence-electron chi connectivity index (χ3n) is 3.17. The minimum atomic E-state index is -0.0637. The lowest BCUT2D eigenvalue weighted by Crippen LogP contribution is -2.35. The minimum absolute atomic E-state index is 0.0513. The van der Waals surface area contributed by atoms with Gasteiger partial charge in [0.05, 0.1) is 6.54 Å². The second-order valence-electron chi connectivity index (χ2n) is 4.29. The van der Waals surface area contributed by atoms with Crippen LogP contribution in [0.1, 0.15) is 17.5 Å². The number of carbonyl (C=O) groups excluding carboxylic acids is 2. The van der Waals surface area contributed by atoms with Gasteiger partial charge < -0.3 is 10.2 Å². The second kappa shape index (κ2) is 4.57. The Bertz CT molecular complexity index is 468. The first-order chi connectivity index (χ1) is 8.09. The maximum Gasteiger partial charge on any atom is 0.246 e. The molecule has 1 aliphatic heterocycles. The number of aryl methyl sites for hydroxylation is 1. The summed E-state index contributed by atoms with van der Waals surface area (Å²) in [4.78, 5) is 24.9. The molecular weight excluding hydrogens is 216 g/mol. The van der Waals surface area contributed by atoms with Crippen LogP contribution in [0, 0.1) is 13.8 Å². The van der Waals surface area contributed by atoms with Crippen molar-refractivity contribution in [2.45, 2.75) is 20.3 Å². The number of benzene rings is 1. The molecule has 1 aromatic rings. The Hall–Kier alpha value is -1.84. The van der Waals surface area contributed by atoms with E-state index in [4.69, 9.17) is 0 Å². The van der Waals surface area contributed by atoms with Crippen LogP contribution in [0.4, 0.5) is 5.69 Å². The summed E-state index contributed by atoms with van der Waals surface area (Å²) < 4.78 is 0. The first-order valence-electron chi connectivity index (χ1n) is 5.73. The van der Waals surface area contributed by atoms with Crippen molar-refractivity contribution in [2.75, 3.05) is 18.0 Å². The fourth-order valence-electron chi connectivity index (χ4n) is 1.98. The van der Waals surface area contributed by atoms with Crippen molar-refractivity contribution in [2.24, 2.45) is 0 Å². The fourth-order valence-corrected chi connectivity index (χ4v) is 1.98. The van der Waals surface area contributed by atoms with Crippen molar-refractivity contribution in [1.82, 2.24) is 5.32 Å². The van der Waals surface area contributed by atoms with Gasteiger partial charge in [0.15, 0.2) is 0 Å². The molecule has 0 aromatic heterocycles. The highest BCUT2D eigenvalue weighted by atomic mass is 16.2. The van der Waals surface area contributed by atoms with Crippen LogP contribution in [-0.2, 0) is 9.59 Å². The van der Waals surface area contributed by atoms with E-state index in [1.165, 1.54) is 0 Å². The van der Waals surface area contributed by atoms with E-state index >= 15 is 0 Å². The smallest absolute Gasteiger partial charge is 0.246 e. The Kier molecular flexibility index (Phi) is 3.13. The molecule has 1 heterocycles. The van der Waals surface area contributed by atoms with Gasteiger partial charge in [-0.2, -0.15) is 0 Å². The molecule has 0 atom stereocenters. The number of nitrogens with zero attached hydrogens (tertiary/aromatic N) is 1. The predicted molar refractivity (Wildman–Crippen MR) is 65.9 cm³/mol. The molecule has 2 rings (SSSR count). The molecule has 0 radical (unpaired) electrons. The van der Waals surface area contributed by atoms with E-state index in [-0.39, 0.29) is 18.4 Å². The van der Waals surface area contributed by atoms with E-state index in [9.17, 15) is 9.59 Å². The molecule has 0 saturated carbocycles. The molecule has 1 N–H and O–H groups in total. The number of hydrogen-bond donors (Lipinski definition) is 1. The van der Waals surface area contributed by atoms with Crippen LogP contribution >= 0.6 is 0 Å². The van der Waals surface area contributed by atoms with Gasteiger partial charge in [-0.15, -0.1) is 0 Å². The number of rotatable bonds is 1. The zero-order chi connectivity index (χ0) is 12.4. The van der Waals surface area contributed by atoms with Crippen LogP contribution in [0.2, 0.25) is 0 Å². The molecule has 1 aliphatic rings. The standard InChI is InChI=1S/C13H16N2O2/c1-9-4-3-5-11(10(9)2)15-7-6-12(16)14-8-13(15)17/h3-5H,6-8H2,1-2H3,(H,14,16). The maximum absolute atomic E-state index is 11.9. The summed E-state index contributed by atoms with van der Waals surface area (Å²) in [7, 11) is 0. The Morgan fingerprint density at radius 1 is 1.24 bits per heavy atom. The molecule has 0 bridgehead atoms. The predicted octanol–water partition coefficient (Wildman–Crippen LogP) is 1.16. The SMILES string of the molecule is Cc1cccc(N2CCC(=O)NCC2=O)c1C. The van der Waals surface area contributed by atoms with Crippen molar-refractivity contribution >= 4 is 17.5 Å². The number of hydrogen-bond acceptors (Lipinski definition) is 2. The summed E-state index contributed by atoms with van der Waals surface area (Å²) in [6.07, 6.45) is 0.360. The Morgan fingerprint density at radius 2 is 2.00 bits per heavy atom. The molecule has 0 spiro atoms. The van der Waals surface area contributed by atoms with E-state index in [0.29, 0.717) is 13.0 Å². The summed E-state index contributed by atoms with van der Waals surface area (Å²) in [5.74, 6) is -0.115. The topological polar surface area (TPSA) is 49.4 Å². The van der Waals surface area contributed by atoms with E-state index in [2.05, 4.69) is 5.32 Å². The summed E-state index contributed by atoms with van der Waals surface area (Å²) in [6.45, 7) is 4.56. The fraction of sp³-hybridized carbons (Fsp3) is 0.385. The Balaban J connectivity index is 2.34. The van der Waals surface area contributed by atoms with E-state index in [0.717, 1.165) is 16.8 Å². The first kappa shape index (κ1) is 11.6. The van der Waals surface area contributed by atoms with Crippen LogP contribution in [-0.4, -0.2) is 24.9 Å². The number of anilines is 1. The van der Waals surface area contributed by atoms with Crippen molar-refractivity contribution in [3.05, 3.63) is 29.3 Å². The third kappa shape index (κ3) is 2.30. The number of amides is 2. The van der Waals surface area contributed by atoms with Crippen molar-refractivity contribution in [3.8, 4) is 0 Å². The molecule has 1 aromatic carbocycles. The summed E-state index contributed by atoms with van der Waals surface area (Å²) in [5.41, 5.74) is 3.15. The van der Waals surface area contributed by atoms with Gasteiger partial charge in [-0.25, -0.2) is 0 Å². The van der Waals surface area contributed by atoms with Gasteiger partial charge in [-0.3, -0.25) is 9.59 Å². The summed E-state index contributed by atoms with van der Waals surface area (Å²) >= 11 is 0. The Labute approximate surface area is 101 Å². The monoisotopic (exact) mass is 232 g/mol. The zero-order valence-corrected chi connectivity index (χ0v) is 10.1. The highest BCUT2D eigenvalue weighted by Gasteiger charge is 2.22. The lowest BCUT2D eigenvalue weighted by molar-refractivity contribution is -0.123. The summed E-state index contributed by atoms with van der Waals surface area (Å²) in [6, 6.07) is 5.88. The molecule has 0 unspecified atom stereocenters. The average Bonchev–Trinajstić information content (AvgIpc) is 2.46. The van der Waals surface area contributed by atoms with E-state index in [1.54, 1.807) is 4.90 Å². The van der Waals surface area contributed by atoms with Gasteiger partial charge in [-0.05, 0) is 31.0 Å². The van der Waals surface area contributed by atoms with Crippen LogP contribution in [0.3, 0.4) is 0 Å². The Morgan fingerprint density at radius 3 is 2.76 bits per heavy atom.